The van der Waals surface area contributed by atoms with Gasteiger partial charge in [-0.3, -0.25) is 4.99 Å². The van der Waals surface area contributed by atoms with E-state index in [4.69, 9.17) is 0 Å². The lowest BCUT2D eigenvalue weighted by Gasteiger charge is -2.12. The van der Waals surface area contributed by atoms with Crippen molar-refractivity contribution < 1.29 is 4.84 Å². The molecular formula is C6H11N3O. The highest BCUT2D eigenvalue weighted by atomic mass is 16.6. The molecule has 1 N–H and O–H groups in total. The predicted molar refractivity (Wildman–Crippen MR) is 40.4 cm³/mol. The molecule has 1 heterocycles. The first-order valence-electron chi connectivity index (χ1n) is 3.22. The van der Waals surface area contributed by atoms with Crippen LogP contribution in [0.3, 0.4) is 0 Å². The Bertz CT molecular complexity index is 144. The van der Waals surface area contributed by atoms with E-state index in [9.17, 15) is 0 Å². The van der Waals surface area contributed by atoms with Crippen molar-refractivity contribution in [2.45, 2.75) is 0 Å². The van der Waals surface area contributed by atoms with E-state index in [0.29, 0.717) is 5.92 Å². The maximum Gasteiger partial charge on any atom is 0.106 e. The summed E-state index contributed by atoms with van der Waals surface area (Å²) in [5.41, 5.74) is 0. The van der Waals surface area contributed by atoms with Crippen molar-refractivity contribution in [2.75, 3.05) is 20.2 Å². The van der Waals surface area contributed by atoms with E-state index in [1.807, 2.05) is 0 Å². The highest BCUT2D eigenvalue weighted by Crippen LogP contribution is 1.94. The number of hydrogen-bond acceptors (Lipinski definition) is 4. The summed E-state index contributed by atoms with van der Waals surface area (Å²) in [4.78, 5) is 8.56. The van der Waals surface area contributed by atoms with Crippen molar-refractivity contribution in [2.24, 2.45) is 16.1 Å². The molecule has 1 aliphatic rings. The Morgan fingerprint density at radius 2 is 2.80 bits per heavy atom. The standard InChI is InChI=1S/C6H11N3O/c1-10-9-4-6-2-7-5-8-3-6/h4-6H,2-3H2,1H3,(H,7,8). The van der Waals surface area contributed by atoms with Gasteiger partial charge < -0.3 is 10.2 Å². The second-order valence-electron chi connectivity index (χ2n) is 2.10. The highest BCUT2D eigenvalue weighted by molar-refractivity contribution is 5.64. The van der Waals surface area contributed by atoms with E-state index in [1.165, 1.54) is 7.11 Å². The minimum atomic E-state index is 0.380. The van der Waals surface area contributed by atoms with Gasteiger partial charge in [0.25, 0.3) is 0 Å². The summed E-state index contributed by atoms with van der Waals surface area (Å²) in [6.45, 7) is 1.70. The number of aliphatic imine (C=N–C) groups is 1. The van der Waals surface area contributed by atoms with Crippen LogP contribution in [-0.4, -0.2) is 32.8 Å². The Balaban J connectivity index is 2.28. The molecule has 0 saturated carbocycles. The Hall–Kier alpha value is -1.06. The first kappa shape index (κ1) is 7.05. The molecule has 4 heteroatoms. The molecule has 0 aliphatic carbocycles. The molecule has 0 aromatic heterocycles. The Kier molecular flexibility index (Phi) is 2.73. The second-order valence-corrected chi connectivity index (χ2v) is 2.10. The van der Waals surface area contributed by atoms with Crippen LogP contribution < -0.4 is 5.32 Å². The molecule has 0 aromatic carbocycles. The van der Waals surface area contributed by atoms with Crippen molar-refractivity contribution >= 4 is 12.6 Å². The van der Waals surface area contributed by atoms with E-state index >= 15 is 0 Å². The number of rotatable bonds is 2. The minimum Gasteiger partial charge on any atom is -0.399 e. The normalized spacial score (nSPS) is 24.7. The number of nitrogens with zero attached hydrogens (tertiary/aromatic N) is 2. The molecule has 0 aromatic rings. The zero-order valence-electron chi connectivity index (χ0n) is 5.95. The van der Waals surface area contributed by atoms with Gasteiger partial charge in [-0.05, 0) is 0 Å². The molecule has 1 rings (SSSR count). The smallest absolute Gasteiger partial charge is 0.106 e. The molecule has 1 atom stereocenters. The molecule has 10 heavy (non-hydrogen) atoms. The Morgan fingerprint density at radius 3 is 3.40 bits per heavy atom. The SMILES string of the molecule is CON=CC1CN=CNC1. The molecule has 0 fully saturated rings. The summed E-state index contributed by atoms with van der Waals surface area (Å²) >= 11 is 0. The lowest BCUT2D eigenvalue weighted by Crippen LogP contribution is -2.29. The third-order valence-electron chi connectivity index (χ3n) is 1.28. The zero-order chi connectivity index (χ0) is 7.23. The van der Waals surface area contributed by atoms with Crippen LogP contribution in [0.4, 0.5) is 0 Å². The molecular weight excluding hydrogens is 130 g/mol. The van der Waals surface area contributed by atoms with Crippen LogP contribution in [0.5, 0.6) is 0 Å². The Morgan fingerprint density at radius 1 is 1.90 bits per heavy atom. The van der Waals surface area contributed by atoms with Crippen LogP contribution in [0.25, 0.3) is 0 Å². The van der Waals surface area contributed by atoms with Crippen LogP contribution >= 0.6 is 0 Å². The van der Waals surface area contributed by atoms with Crippen LogP contribution in [0, 0.1) is 5.92 Å². The molecule has 0 amide bonds. The quantitative estimate of drug-likeness (QED) is 0.430. The molecule has 0 spiro atoms. The maximum absolute atomic E-state index is 4.53. The number of hydrogen-bond donors (Lipinski definition) is 1. The van der Waals surface area contributed by atoms with Gasteiger partial charge in [-0.1, -0.05) is 5.16 Å². The van der Waals surface area contributed by atoms with Crippen LogP contribution in [0.1, 0.15) is 0 Å². The van der Waals surface area contributed by atoms with Gasteiger partial charge in [0, 0.05) is 12.5 Å². The largest absolute Gasteiger partial charge is 0.399 e. The first-order chi connectivity index (χ1) is 4.93. The lowest BCUT2D eigenvalue weighted by molar-refractivity contribution is 0.213. The second kappa shape index (κ2) is 3.87. The summed E-state index contributed by atoms with van der Waals surface area (Å²) in [5, 5.41) is 6.66. The molecule has 0 bridgehead atoms. The van der Waals surface area contributed by atoms with Gasteiger partial charge in [-0.25, -0.2) is 0 Å². The summed E-state index contributed by atoms with van der Waals surface area (Å²) in [7, 11) is 1.54. The molecule has 56 valence electrons. The molecule has 4 nitrogen and oxygen atoms in total. The zero-order valence-corrected chi connectivity index (χ0v) is 5.95. The average molecular weight is 141 g/mol. The first-order valence-corrected chi connectivity index (χ1v) is 3.22. The number of oxime groups is 1. The van der Waals surface area contributed by atoms with E-state index in [0.717, 1.165) is 13.1 Å². The van der Waals surface area contributed by atoms with Gasteiger partial charge in [-0.15, -0.1) is 0 Å². The predicted octanol–water partition coefficient (Wildman–Crippen LogP) is -0.134. The van der Waals surface area contributed by atoms with Gasteiger partial charge in [0.15, 0.2) is 0 Å². The maximum atomic E-state index is 4.53. The summed E-state index contributed by atoms with van der Waals surface area (Å²) < 4.78 is 0. The van der Waals surface area contributed by atoms with E-state index in [-0.39, 0.29) is 0 Å². The topological polar surface area (TPSA) is 46.0 Å². The summed E-state index contributed by atoms with van der Waals surface area (Å²) in [6, 6.07) is 0. The molecule has 0 saturated heterocycles. The van der Waals surface area contributed by atoms with Gasteiger partial charge >= 0.3 is 0 Å². The fraction of sp³-hybridized carbons (Fsp3) is 0.667. The van der Waals surface area contributed by atoms with Crippen molar-refractivity contribution in [3.05, 3.63) is 0 Å². The van der Waals surface area contributed by atoms with Crippen LogP contribution in [-0.2, 0) is 4.84 Å². The van der Waals surface area contributed by atoms with Crippen molar-refractivity contribution in [3.8, 4) is 0 Å². The van der Waals surface area contributed by atoms with Crippen LogP contribution in [0.15, 0.2) is 10.1 Å². The van der Waals surface area contributed by atoms with Gasteiger partial charge in [0.1, 0.15) is 7.11 Å². The minimum absolute atomic E-state index is 0.380. The van der Waals surface area contributed by atoms with Crippen molar-refractivity contribution in [1.82, 2.24) is 5.32 Å². The fourth-order valence-corrected chi connectivity index (χ4v) is 0.768. The fourth-order valence-electron chi connectivity index (χ4n) is 0.768. The van der Waals surface area contributed by atoms with E-state index in [1.54, 1.807) is 12.6 Å². The average Bonchev–Trinajstić information content (AvgIpc) is 2.03. The molecule has 0 radical (unpaired) electrons. The Labute approximate surface area is 60.0 Å². The van der Waals surface area contributed by atoms with E-state index < -0.39 is 0 Å². The monoisotopic (exact) mass is 141 g/mol. The molecule has 1 aliphatic heterocycles. The lowest BCUT2D eigenvalue weighted by atomic mass is 10.1. The van der Waals surface area contributed by atoms with Gasteiger partial charge in [-0.2, -0.15) is 0 Å². The molecule has 1 unspecified atom stereocenters. The third kappa shape index (κ3) is 2.05. The number of nitrogens with one attached hydrogen (secondary N) is 1. The van der Waals surface area contributed by atoms with Gasteiger partial charge in [0.2, 0.25) is 0 Å². The van der Waals surface area contributed by atoms with E-state index in [2.05, 4.69) is 20.3 Å². The van der Waals surface area contributed by atoms with Crippen molar-refractivity contribution in [1.29, 1.82) is 0 Å². The van der Waals surface area contributed by atoms with Gasteiger partial charge in [0.05, 0.1) is 19.1 Å². The summed E-state index contributed by atoms with van der Waals surface area (Å²) in [5.74, 6) is 0.380. The van der Waals surface area contributed by atoms with Crippen molar-refractivity contribution in [3.63, 3.8) is 0 Å². The summed E-state index contributed by atoms with van der Waals surface area (Å²) in [6.07, 6.45) is 3.49. The highest BCUT2D eigenvalue weighted by Gasteiger charge is 2.06. The third-order valence-corrected chi connectivity index (χ3v) is 1.28. The van der Waals surface area contributed by atoms with Crippen LogP contribution in [0.2, 0.25) is 0 Å².